The highest BCUT2D eigenvalue weighted by Crippen LogP contribution is 2.43. The van der Waals surface area contributed by atoms with Gasteiger partial charge in [-0.1, -0.05) is 37.9 Å². The topological polar surface area (TPSA) is 118 Å². The molecule has 12 heteroatoms. The third-order valence-corrected chi connectivity index (χ3v) is 9.42. The Morgan fingerprint density at radius 3 is 2.12 bits per heavy atom. The van der Waals surface area contributed by atoms with E-state index in [0.29, 0.717) is 17.7 Å². The Balaban J connectivity index is 1.68. The van der Waals surface area contributed by atoms with Gasteiger partial charge in [-0.15, -0.1) is 11.3 Å². The number of nitrogens with zero attached hydrogens (tertiary/aromatic N) is 3. The fourth-order valence-corrected chi connectivity index (χ4v) is 5.97. The molecule has 1 aliphatic heterocycles. The number of nitro groups is 1. The summed E-state index contributed by atoms with van der Waals surface area (Å²) >= 11 is 8.24. The second-order valence-electron chi connectivity index (χ2n) is 7.77. The first kappa shape index (κ1) is 23.7. The van der Waals surface area contributed by atoms with E-state index in [1.54, 1.807) is 17.5 Å². The van der Waals surface area contributed by atoms with Crippen LogP contribution in [0.5, 0.6) is 0 Å². The van der Waals surface area contributed by atoms with Crippen molar-refractivity contribution in [2.24, 2.45) is 11.8 Å². The zero-order valence-electron chi connectivity index (χ0n) is 16.9. The first-order chi connectivity index (χ1) is 15.7. The number of Topliss-reactive ketones (excluding diaryl/α,β-unsaturated/α-hetero) is 1. The molecule has 4 rings (SSSR count). The molecule has 2 aliphatic rings. The Morgan fingerprint density at radius 2 is 1.64 bits per heavy atom. The smallest absolute Gasteiger partial charge is 0.273 e. The molecule has 0 unspecified atom stereocenters. The second-order valence-corrected chi connectivity index (χ2v) is 11.1. The van der Waals surface area contributed by atoms with Gasteiger partial charge in [0, 0.05) is 27.4 Å². The molecule has 9 nitrogen and oxygen atoms in total. The van der Waals surface area contributed by atoms with Crippen LogP contribution in [0.25, 0.3) is 0 Å². The lowest BCUT2D eigenvalue weighted by atomic mass is 9.81. The highest BCUT2D eigenvalue weighted by Gasteiger charge is 2.54. The highest BCUT2D eigenvalue weighted by molar-refractivity contribution is 9.12. The van der Waals surface area contributed by atoms with Gasteiger partial charge in [0.1, 0.15) is 6.54 Å². The molecular weight excluding hydrogens is 582 g/mol. The standard InChI is InChI=1S/C21H17Br2N3O6S/c22-15-8-13-14(9-16(15)23)21(30)25(20(13)29)24(10-17(27)18-2-1-7-33-18)19(28)11-3-5-12(6-4-11)26(31)32/h1-7,13-16H,8-10H2/t13-,14+,15-,16-/m0/s1. The number of amides is 3. The molecule has 2 heterocycles. The zero-order chi connectivity index (χ0) is 23.9. The lowest BCUT2D eigenvalue weighted by Crippen LogP contribution is -2.52. The van der Waals surface area contributed by atoms with Gasteiger partial charge in [-0.25, -0.2) is 5.01 Å². The number of alkyl halides is 2. The maximum Gasteiger partial charge on any atom is 0.273 e. The number of nitro benzene ring substituents is 1. The Labute approximate surface area is 209 Å². The van der Waals surface area contributed by atoms with Crippen molar-refractivity contribution in [3.63, 3.8) is 0 Å². The van der Waals surface area contributed by atoms with Crippen molar-refractivity contribution in [2.45, 2.75) is 22.5 Å². The summed E-state index contributed by atoms with van der Waals surface area (Å²) in [5.41, 5.74) is -0.189. The minimum Gasteiger partial charge on any atom is -0.291 e. The summed E-state index contributed by atoms with van der Waals surface area (Å²) in [4.78, 5) is 63.5. The second kappa shape index (κ2) is 9.43. The number of imide groups is 1. The zero-order valence-corrected chi connectivity index (χ0v) is 20.9. The summed E-state index contributed by atoms with van der Waals surface area (Å²) in [6.45, 7) is -0.511. The average Bonchev–Trinajstić information content (AvgIpc) is 3.41. The number of halogens is 2. The van der Waals surface area contributed by atoms with E-state index in [-0.39, 0.29) is 20.9 Å². The van der Waals surface area contributed by atoms with Crippen molar-refractivity contribution in [3.05, 3.63) is 62.3 Å². The van der Waals surface area contributed by atoms with Crippen molar-refractivity contribution in [3.8, 4) is 0 Å². The summed E-state index contributed by atoms with van der Waals surface area (Å²) in [5.74, 6) is -3.43. The van der Waals surface area contributed by atoms with Crippen molar-refractivity contribution in [1.82, 2.24) is 10.0 Å². The number of thiophene rings is 1. The predicted octanol–water partition coefficient (Wildman–Crippen LogP) is 3.82. The number of benzene rings is 1. The van der Waals surface area contributed by atoms with Crippen LogP contribution in [0.4, 0.5) is 5.69 Å². The SMILES string of the molecule is O=C(CN(C(=O)c1ccc([N+](=O)[O-])cc1)N1C(=O)[C@H]2C[C@H](Br)[C@@H](Br)C[C@H]2C1=O)c1cccs1. The van der Waals surface area contributed by atoms with Gasteiger partial charge in [0.25, 0.3) is 23.4 Å². The van der Waals surface area contributed by atoms with E-state index in [1.807, 2.05) is 0 Å². The molecule has 0 radical (unpaired) electrons. The van der Waals surface area contributed by atoms with E-state index in [1.165, 1.54) is 23.5 Å². The van der Waals surface area contributed by atoms with Crippen molar-refractivity contribution >= 4 is 72.4 Å². The van der Waals surface area contributed by atoms with Crippen LogP contribution in [0.2, 0.25) is 0 Å². The molecule has 3 amide bonds. The molecule has 2 aromatic rings. The van der Waals surface area contributed by atoms with E-state index in [9.17, 15) is 29.3 Å². The number of carbonyl (C=O) groups is 4. The van der Waals surface area contributed by atoms with E-state index in [4.69, 9.17) is 0 Å². The summed E-state index contributed by atoms with van der Waals surface area (Å²) < 4.78 is 0. The van der Waals surface area contributed by atoms with E-state index >= 15 is 0 Å². The van der Waals surface area contributed by atoms with Gasteiger partial charge in [0.2, 0.25) is 0 Å². The van der Waals surface area contributed by atoms with Crippen molar-refractivity contribution in [1.29, 1.82) is 0 Å². The molecule has 2 fully saturated rings. The quantitative estimate of drug-likeness (QED) is 0.164. The number of fused-ring (bicyclic) bond motifs is 1. The van der Waals surface area contributed by atoms with Crippen LogP contribution >= 0.6 is 43.2 Å². The average molecular weight is 599 g/mol. The molecule has 1 saturated heterocycles. The van der Waals surface area contributed by atoms with Crippen LogP contribution in [-0.4, -0.2) is 54.6 Å². The first-order valence-corrected chi connectivity index (χ1v) is 12.7. The third-order valence-electron chi connectivity index (χ3n) is 5.78. The molecule has 1 aromatic carbocycles. The summed E-state index contributed by atoms with van der Waals surface area (Å²) in [7, 11) is 0. The fraction of sp³-hybridized carbons (Fsp3) is 0.333. The molecule has 4 atom stereocenters. The van der Waals surface area contributed by atoms with Gasteiger partial charge in [-0.3, -0.25) is 29.3 Å². The number of carbonyl (C=O) groups excluding carboxylic acids is 4. The molecule has 1 saturated carbocycles. The largest absolute Gasteiger partial charge is 0.291 e. The fourth-order valence-electron chi connectivity index (χ4n) is 4.07. The molecular formula is C21H17Br2N3O6S. The summed E-state index contributed by atoms with van der Waals surface area (Å²) in [5, 5.41) is 14.3. The summed E-state index contributed by atoms with van der Waals surface area (Å²) in [6, 6.07) is 8.08. The van der Waals surface area contributed by atoms with Crippen molar-refractivity contribution in [2.75, 3.05) is 6.54 Å². The van der Waals surface area contributed by atoms with Gasteiger partial charge in [-0.2, -0.15) is 5.01 Å². The van der Waals surface area contributed by atoms with Crippen LogP contribution in [0.1, 0.15) is 32.9 Å². The molecule has 0 spiro atoms. The van der Waals surface area contributed by atoms with Crippen LogP contribution in [0.15, 0.2) is 41.8 Å². The number of non-ortho nitro benzene ring substituents is 1. The van der Waals surface area contributed by atoms with Crippen molar-refractivity contribution < 1.29 is 24.1 Å². The summed E-state index contributed by atoms with van der Waals surface area (Å²) in [6.07, 6.45) is 0.834. The number of hydrazine groups is 1. The Bertz CT molecular complexity index is 1100. The lowest BCUT2D eigenvalue weighted by molar-refractivity contribution is -0.384. The van der Waals surface area contributed by atoms with Crippen LogP contribution in [0.3, 0.4) is 0 Å². The number of rotatable bonds is 6. The van der Waals surface area contributed by atoms with E-state index < -0.39 is 46.8 Å². The number of hydrogen-bond acceptors (Lipinski definition) is 7. The number of hydrogen-bond donors (Lipinski definition) is 0. The molecule has 0 N–H and O–H groups in total. The third kappa shape index (κ3) is 4.51. The number of ketones is 1. The monoisotopic (exact) mass is 597 g/mol. The van der Waals surface area contributed by atoms with Gasteiger partial charge >= 0.3 is 0 Å². The molecule has 1 aromatic heterocycles. The Hall–Kier alpha value is -2.44. The maximum atomic E-state index is 13.4. The molecule has 0 bridgehead atoms. The van der Waals surface area contributed by atoms with Crippen LogP contribution in [-0.2, 0) is 9.59 Å². The molecule has 172 valence electrons. The highest BCUT2D eigenvalue weighted by atomic mass is 79.9. The Kier molecular flexibility index (Phi) is 6.78. The van der Waals surface area contributed by atoms with Gasteiger partial charge in [0.05, 0.1) is 21.6 Å². The molecule has 1 aliphatic carbocycles. The first-order valence-electron chi connectivity index (χ1n) is 9.98. The van der Waals surface area contributed by atoms with Gasteiger partial charge in [-0.05, 0) is 36.4 Å². The van der Waals surface area contributed by atoms with E-state index in [2.05, 4.69) is 31.9 Å². The normalized spacial score (nSPS) is 24.5. The Morgan fingerprint density at radius 1 is 1.06 bits per heavy atom. The minimum absolute atomic E-state index is 0.0120. The van der Waals surface area contributed by atoms with Crippen LogP contribution < -0.4 is 0 Å². The minimum atomic E-state index is -0.763. The van der Waals surface area contributed by atoms with E-state index in [0.717, 1.165) is 22.2 Å². The predicted molar refractivity (Wildman–Crippen MR) is 126 cm³/mol. The lowest BCUT2D eigenvalue weighted by Gasteiger charge is -2.29. The molecule has 33 heavy (non-hydrogen) atoms. The van der Waals surface area contributed by atoms with Gasteiger partial charge in [0.15, 0.2) is 5.78 Å². The van der Waals surface area contributed by atoms with Crippen LogP contribution in [0, 0.1) is 22.0 Å². The van der Waals surface area contributed by atoms with Gasteiger partial charge < -0.3 is 0 Å². The maximum absolute atomic E-state index is 13.4.